The molecule has 1 aliphatic rings. The van der Waals surface area contributed by atoms with Gasteiger partial charge in [0, 0.05) is 0 Å². The molecule has 1 aromatic carbocycles. The lowest BCUT2D eigenvalue weighted by Crippen LogP contribution is -2.09. The first kappa shape index (κ1) is 9.52. The Balaban J connectivity index is 2.41. The first-order valence-corrected chi connectivity index (χ1v) is 4.63. The van der Waals surface area contributed by atoms with Gasteiger partial charge in [-0.2, -0.15) is 0 Å². The Morgan fingerprint density at radius 1 is 1.33 bits per heavy atom. The van der Waals surface area contributed by atoms with Gasteiger partial charge in [-0.1, -0.05) is 30.4 Å². The van der Waals surface area contributed by atoms with E-state index in [1.54, 1.807) is 12.1 Å². The highest BCUT2D eigenvalue weighted by Gasteiger charge is 2.12. The highest BCUT2D eigenvalue weighted by atomic mass is 16.5. The number of carboxylic acid groups (broad SMARTS) is 1. The summed E-state index contributed by atoms with van der Waals surface area (Å²) >= 11 is 0. The number of rotatable bonds is 1. The Labute approximate surface area is 87.3 Å². The molecule has 0 amide bonds. The minimum atomic E-state index is -1.06. The third-order valence-electron chi connectivity index (χ3n) is 2.12. The average molecular weight is 202 g/mol. The van der Waals surface area contributed by atoms with Gasteiger partial charge in [-0.25, -0.2) is 4.79 Å². The van der Waals surface area contributed by atoms with Crippen LogP contribution in [0.5, 0.6) is 5.75 Å². The monoisotopic (exact) mass is 202 g/mol. The molecular weight excluding hydrogens is 192 g/mol. The van der Waals surface area contributed by atoms with E-state index in [9.17, 15) is 4.79 Å². The van der Waals surface area contributed by atoms with Crippen molar-refractivity contribution in [2.45, 2.75) is 6.42 Å². The highest BCUT2D eigenvalue weighted by molar-refractivity contribution is 5.85. The molecule has 1 N–H and O–H groups in total. The maximum Gasteiger partial charge on any atom is 0.371 e. The van der Waals surface area contributed by atoms with E-state index in [1.807, 2.05) is 24.3 Å². The Kier molecular flexibility index (Phi) is 2.54. The molecule has 2 rings (SSSR count). The molecule has 0 aromatic heterocycles. The predicted octanol–water partition coefficient (Wildman–Crippen LogP) is 2.15. The number of hydrogen-bond acceptors (Lipinski definition) is 2. The molecule has 0 fully saturated rings. The Morgan fingerprint density at radius 2 is 2.13 bits per heavy atom. The first-order valence-electron chi connectivity index (χ1n) is 4.63. The number of para-hydroxylation sites is 1. The van der Waals surface area contributed by atoms with E-state index in [4.69, 9.17) is 9.84 Å². The second-order valence-electron chi connectivity index (χ2n) is 3.18. The van der Waals surface area contributed by atoms with Crippen molar-refractivity contribution in [2.75, 3.05) is 0 Å². The van der Waals surface area contributed by atoms with Crippen LogP contribution >= 0.6 is 0 Å². The number of benzene rings is 1. The molecule has 0 radical (unpaired) electrons. The topological polar surface area (TPSA) is 46.5 Å². The van der Waals surface area contributed by atoms with Gasteiger partial charge in [-0.05, 0) is 24.1 Å². The predicted molar refractivity (Wildman–Crippen MR) is 55.6 cm³/mol. The molecule has 0 atom stereocenters. The Bertz CT molecular complexity index is 444. The molecule has 1 aromatic rings. The molecule has 0 aliphatic carbocycles. The molecule has 0 unspecified atom stereocenters. The van der Waals surface area contributed by atoms with Gasteiger partial charge in [0.05, 0.1) is 0 Å². The largest absolute Gasteiger partial charge is 0.475 e. The molecule has 1 heterocycles. The third-order valence-corrected chi connectivity index (χ3v) is 2.12. The number of carbonyl (C=O) groups is 1. The van der Waals surface area contributed by atoms with Crippen LogP contribution in [0.4, 0.5) is 0 Å². The maximum atomic E-state index is 10.8. The molecule has 3 nitrogen and oxygen atoms in total. The lowest BCUT2D eigenvalue weighted by molar-refractivity contribution is -0.135. The molecule has 1 aliphatic heterocycles. The van der Waals surface area contributed by atoms with Gasteiger partial charge in [0.15, 0.2) is 0 Å². The van der Waals surface area contributed by atoms with E-state index >= 15 is 0 Å². The van der Waals surface area contributed by atoms with Crippen LogP contribution in [0.25, 0.3) is 0 Å². The summed E-state index contributed by atoms with van der Waals surface area (Å²) in [6.45, 7) is 0. The maximum absolute atomic E-state index is 10.8. The molecule has 15 heavy (non-hydrogen) atoms. The van der Waals surface area contributed by atoms with Gasteiger partial charge in [0.25, 0.3) is 0 Å². The van der Waals surface area contributed by atoms with Crippen LogP contribution in [0.3, 0.4) is 0 Å². The summed E-state index contributed by atoms with van der Waals surface area (Å²) in [5.41, 5.74) is 0.987. The van der Waals surface area contributed by atoms with Crippen molar-refractivity contribution in [1.82, 2.24) is 0 Å². The molecule has 76 valence electrons. The molecule has 0 spiro atoms. The van der Waals surface area contributed by atoms with Crippen LogP contribution in [0.15, 0.2) is 48.3 Å². The highest BCUT2D eigenvalue weighted by Crippen LogP contribution is 2.22. The summed E-state index contributed by atoms with van der Waals surface area (Å²) in [6, 6.07) is 7.42. The van der Waals surface area contributed by atoms with Gasteiger partial charge in [-0.15, -0.1) is 0 Å². The van der Waals surface area contributed by atoms with E-state index in [-0.39, 0.29) is 5.76 Å². The zero-order valence-corrected chi connectivity index (χ0v) is 8.01. The van der Waals surface area contributed by atoms with Crippen molar-refractivity contribution in [3.8, 4) is 5.75 Å². The minimum Gasteiger partial charge on any atom is -0.475 e. The van der Waals surface area contributed by atoms with Crippen LogP contribution in [0.1, 0.15) is 5.56 Å². The average Bonchev–Trinajstić information content (AvgIpc) is 2.18. The summed E-state index contributed by atoms with van der Waals surface area (Å²) < 4.78 is 5.31. The van der Waals surface area contributed by atoms with Crippen LogP contribution in [0.2, 0.25) is 0 Å². The fraction of sp³-hybridized carbons (Fsp3) is 0.0833. The van der Waals surface area contributed by atoms with Crippen molar-refractivity contribution in [3.63, 3.8) is 0 Å². The fourth-order valence-corrected chi connectivity index (χ4v) is 1.39. The zero-order chi connectivity index (χ0) is 10.7. The molecule has 3 heteroatoms. The standard InChI is InChI=1S/C12H10O3/c13-12(14)11-8-4-2-6-9-5-1-3-7-10(9)15-11/h1-5,7-8H,6H2,(H,13,14)/b4-2-,11-8-. The second-order valence-corrected chi connectivity index (χ2v) is 3.18. The van der Waals surface area contributed by atoms with Crippen LogP contribution < -0.4 is 4.74 Å². The lowest BCUT2D eigenvalue weighted by atomic mass is 10.1. The molecule has 0 saturated carbocycles. The summed E-state index contributed by atoms with van der Waals surface area (Å²) in [4.78, 5) is 10.8. The minimum absolute atomic E-state index is 0.0570. The van der Waals surface area contributed by atoms with Gasteiger partial charge in [-0.3, -0.25) is 0 Å². The number of carboxylic acids is 1. The zero-order valence-electron chi connectivity index (χ0n) is 8.01. The molecule has 0 saturated heterocycles. The van der Waals surface area contributed by atoms with Crippen molar-refractivity contribution in [2.24, 2.45) is 0 Å². The third kappa shape index (κ3) is 2.07. The SMILES string of the molecule is O=C(O)/C1=C/C=C\Cc2ccccc2O1. The number of allylic oxidation sites excluding steroid dienone is 3. The van der Waals surface area contributed by atoms with Gasteiger partial charge >= 0.3 is 5.97 Å². The van der Waals surface area contributed by atoms with E-state index in [1.165, 1.54) is 6.08 Å². The Hall–Kier alpha value is -2.03. The molecular formula is C12H10O3. The second kappa shape index (κ2) is 4.00. The van der Waals surface area contributed by atoms with Crippen molar-refractivity contribution < 1.29 is 14.6 Å². The summed E-state index contributed by atoms with van der Waals surface area (Å²) in [5.74, 6) is -0.509. The van der Waals surface area contributed by atoms with E-state index in [0.717, 1.165) is 12.0 Å². The Morgan fingerprint density at radius 3 is 2.93 bits per heavy atom. The van der Waals surface area contributed by atoms with Crippen LogP contribution in [0, 0.1) is 0 Å². The van der Waals surface area contributed by atoms with E-state index < -0.39 is 5.97 Å². The van der Waals surface area contributed by atoms with Gasteiger partial charge in [0.1, 0.15) is 5.75 Å². The number of ether oxygens (including phenoxy) is 1. The van der Waals surface area contributed by atoms with Crippen molar-refractivity contribution in [1.29, 1.82) is 0 Å². The number of aliphatic carboxylic acids is 1. The number of fused-ring (bicyclic) bond motifs is 1. The normalized spacial score (nSPS) is 19.9. The fourth-order valence-electron chi connectivity index (χ4n) is 1.39. The number of hydrogen-bond donors (Lipinski definition) is 1. The smallest absolute Gasteiger partial charge is 0.371 e. The molecule has 0 bridgehead atoms. The van der Waals surface area contributed by atoms with Gasteiger partial charge in [0.2, 0.25) is 5.76 Å². The van der Waals surface area contributed by atoms with Crippen molar-refractivity contribution in [3.05, 3.63) is 53.8 Å². The summed E-state index contributed by atoms with van der Waals surface area (Å²) in [7, 11) is 0. The van der Waals surface area contributed by atoms with E-state index in [2.05, 4.69) is 0 Å². The summed E-state index contributed by atoms with van der Waals surface area (Å²) in [5, 5.41) is 8.85. The van der Waals surface area contributed by atoms with Crippen LogP contribution in [-0.2, 0) is 11.2 Å². The summed E-state index contributed by atoms with van der Waals surface area (Å²) in [6.07, 6.45) is 5.81. The lowest BCUT2D eigenvalue weighted by Gasteiger charge is -2.11. The first-order chi connectivity index (χ1) is 7.27. The van der Waals surface area contributed by atoms with E-state index in [0.29, 0.717) is 5.75 Å². The van der Waals surface area contributed by atoms with Crippen LogP contribution in [-0.4, -0.2) is 11.1 Å². The van der Waals surface area contributed by atoms with Gasteiger partial charge < -0.3 is 9.84 Å². The van der Waals surface area contributed by atoms with Crippen molar-refractivity contribution >= 4 is 5.97 Å². The quantitative estimate of drug-likeness (QED) is 0.758.